The molecule has 6 heteroatoms. The van der Waals surface area contributed by atoms with Gasteiger partial charge in [-0.05, 0) is 19.3 Å². The van der Waals surface area contributed by atoms with E-state index in [4.69, 9.17) is 11.6 Å². The third-order valence-corrected chi connectivity index (χ3v) is 5.47. The summed E-state index contributed by atoms with van der Waals surface area (Å²) in [6, 6.07) is 0.184. The predicted molar refractivity (Wildman–Crippen MR) is 66.9 cm³/mol. The minimum absolute atomic E-state index is 0.184. The van der Waals surface area contributed by atoms with Crippen LogP contribution in [0.4, 0.5) is 0 Å². The summed E-state index contributed by atoms with van der Waals surface area (Å²) in [5.41, 5.74) is 0. The SMILES string of the molecule is CN(CCCCl)S(=O)(=O)N(C)C1CCCC1. The van der Waals surface area contributed by atoms with E-state index in [0.29, 0.717) is 18.8 Å². The maximum absolute atomic E-state index is 12.1. The van der Waals surface area contributed by atoms with Gasteiger partial charge in [0.25, 0.3) is 10.2 Å². The van der Waals surface area contributed by atoms with Crippen molar-refractivity contribution in [2.45, 2.75) is 38.1 Å². The molecule has 16 heavy (non-hydrogen) atoms. The van der Waals surface area contributed by atoms with E-state index in [0.717, 1.165) is 25.7 Å². The van der Waals surface area contributed by atoms with Crippen LogP contribution in [0.15, 0.2) is 0 Å². The molecule has 0 aromatic heterocycles. The molecule has 0 amide bonds. The van der Waals surface area contributed by atoms with Gasteiger partial charge in [-0.1, -0.05) is 12.8 Å². The second-order valence-electron chi connectivity index (χ2n) is 4.33. The van der Waals surface area contributed by atoms with Gasteiger partial charge in [-0.15, -0.1) is 11.6 Å². The molecule has 1 fully saturated rings. The van der Waals surface area contributed by atoms with Crippen molar-refractivity contribution in [3.63, 3.8) is 0 Å². The number of hydrogen-bond donors (Lipinski definition) is 0. The van der Waals surface area contributed by atoms with E-state index in [1.54, 1.807) is 14.1 Å². The molecule has 0 bridgehead atoms. The molecule has 0 spiro atoms. The Morgan fingerprint density at radius 2 is 1.81 bits per heavy atom. The zero-order valence-electron chi connectivity index (χ0n) is 10.0. The highest BCUT2D eigenvalue weighted by Gasteiger charge is 2.31. The Balaban J connectivity index is 2.60. The van der Waals surface area contributed by atoms with Crippen molar-refractivity contribution < 1.29 is 8.42 Å². The summed E-state index contributed by atoms with van der Waals surface area (Å²) < 4.78 is 27.2. The Kier molecular flexibility index (Phi) is 5.50. The fourth-order valence-corrected chi connectivity index (χ4v) is 3.58. The zero-order chi connectivity index (χ0) is 12.2. The van der Waals surface area contributed by atoms with Crippen LogP contribution in [0, 0.1) is 0 Å². The van der Waals surface area contributed by atoms with Gasteiger partial charge in [0.2, 0.25) is 0 Å². The van der Waals surface area contributed by atoms with E-state index in [-0.39, 0.29) is 6.04 Å². The van der Waals surface area contributed by atoms with Crippen molar-refractivity contribution in [1.82, 2.24) is 8.61 Å². The average molecular weight is 269 g/mol. The van der Waals surface area contributed by atoms with Crippen molar-refractivity contribution in [1.29, 1.82) is 0 Å². The molecule has 0 N–H and O–H groups in total. The lowest BCUT2D eigenvalue weighted by molar-refractivity contribution is 0.334. The lowest BCUT2D eigenvalue weighted by atomic mass is 10.3. The largest absolute Gasteiger partial charge is 0.281 e. The smallest absolute Gasteiger partial charge is 0.195 e. The summed E-state index contributed by atoms with van der Waals surface area (Å²) in [6.07, 6.45) is 4.93. The van der Waals surface area contributed by atoms with E-state index >= 15 is 0 Å². The summed E-state index contributed by atoms with van der Waals surface area (Å²) in [6.45, 7) is 0.489. The summed E-state index contributed by atoms with van der Waals surface area (Å²) in [7, 11) is 0.0148. The minimum Gasteiger partial charge on any atom is -0.195 e. The van der Waals surface area contributed by atoms with Gasteiger partial charge in [-0.2, -0.15) is 17.0 Å². The lowest BCUT2D eigenvalue weighted by Crippen LogP contribution is -2.44. The first-order valence-corrected chi connectivity index (χ1v) is 7.68. The molecule has 1 saturated carbocycles. The highest BCUT2D eigenvalue weighted by Crippen LogP contribution is 2.25. The zero-order valence-corrected chi connectivity index (χ0v) is 11.6. The van der Waals surface area contributed by atoms with E-state index in [1.165, 1.54) is 8.61 Å². The second kappa shape index (κ2) is 6.19. The first-order valence-electron chi connectivity index (χ1n) is 5.75. The molecule has 4 nitrogen and oxygen atoms in total. The summed E-state index contributed by atoms with van der Waals surface area (Å²) in [5.74, 6) is 0.493. The monoisotopic (exact) mass is 268 g/mol. The summed E-state index contributed by atoms with van der Waals surface area (Å²) >= 11 is 5.57. The lowest BCUT2D eigenvalue weighted by Gasteiger charge is -2.28. The van der Waals surface area contributed by atoms with Gasteiger partial charge >= 0.3 is 0 Å². The Bertz CT molecular complexity index is 302. The molecule has 0 atom stereocenters. The fourth-order valence-electron chi connectivity index (χ4n) is 2.07. The van der Waals surface area contributed by atoms with Crippen LogP contribution >= 0.6 is 11.6 Å². The number of alkyl halides is 1. The van der Waals surface area contributed by atoms with Crippen LogP contribution in [0.25, 0.3) is 0 Å². The van der Waals surface area contributed by atoms with E-state index in [9.17, 15) is 8.42 Å². The first kappa shape index (κ1) is 14.2. The van der Waals surface area contributed by atoms with Crippen LogP contribution in [0.3, 0.4) is 0 Å². The Labute approximate surface area is 104 Å². The maximum atomic E-state index is 12.1. The van der Waals surface area contributed by atoms with Crippen molar-refractivity contribution in [3.05, 3.63) is 0 Å². The standard InChI is InChI=1S/C10H21ClN2O2S/c1-12(9-5-8-11)16(14,15)13(2)10-6-3-4-7-10/h10H,3-9H2,1-2H3. The van der Waals surface area contributed by atoms with E-state index < -0.39 is 10.2 Å². The molecule has 0 saturated heterocycles. The second-order valence-corrected chi connectivity index (χ2v) is 6.80. The highest BCUT2D eigenvalue weighted by atomic mass is 35.5. The minimum atomic E-state index is -3.29. The fraction of sp³-hybridized carbons (Fsp3) is 1.00. The number of nitrogens with zero attached hydrogens (tertiary/aromatic N) is 2. The summed E-state index contributed by atoms with van der Waals surface area (Å²) in [4.78, 5) is 0. The molecule has 96 valence electrons. The summed E-state index contributed by atoms with van der Waals surface area (Å²) in [5, 5.41) is 0. The van der Waals surface area contributed by atoms with Gasteiger partial charge in [0, 0.05) is 32.6 Å². The van der Waals surface area contributed by atoms with Gasteiger partial charge in [0.1, 0.15) is 0 Å². The van der Waals surface area contributed by atoms with Gasteiger partial charge in [0.15, 0.2) is 0 Å². The molecule has 0 aromatic rings. The Morgan fingerprint density at radius 3 is 2.31 bits per heavy atom. The molecule has 0 aliphatic heterocycles. The van der Waals surface area contributed by atoms with Crippen LogP contribution in [-0.4, -0.2) is 49.6 Å². The van der Waals surface area contributed by atoms with Crippen LogP contribution < -0.4 is 0 Å². The Morgan fingerprint density at radius 1 is 1.25 bits per heavy atom. The van der Waals surface area contributed by atoms with Crippen molar-refractivity contribution >= 4 is 21.8 Å². The van der Waals surface area contributed by atoms with Crippen LogP contribution in [0.5, 0.6) is 0 Å². The molecule has 1 aliphatic rings. The normalized spacial score (nSPS) is 18.8. The average Bonchev–Trinajstić information content (AvgIpc) is 2.77. The van der Waals surface area contributed by atoms with Gasteiger partial charge in [0.05, 0.1) is 0 Å². The number of rotatable bonds is 6. The van der Waals surface area contributed by atoms with Crippen LogP contribution in [0.2, 0.25) is 0 Å². The third kappa shape index (κ3) is 3.32. The molecular formula is C10H21ClN2O2S. The van der Waals surface area contributed by atoms with E-state index in [2.05, 4.69) is 0 Å². The maximum Gasteiger partial charge on any atom is 0.281 e. The molecule has 1 rings (SSSR count). The molecule has 0 radical (unpaired) electrons. The van der Waals surface area contributed by atoms with Gasteiger partial charge < -0.3 is 0 Å². The van der Waals surface area contributed by atoms with Crippen molar-refractivity contribution in [2.75, 3.05) is 26.5 Å². The molecule has 1 aliphatic carbocycles. The molecule has 0 aromatic carbocycles. The van der Waals surface area contributed by atoms with Crippen molar-refractivity contribution in [3.8, 4) is 0 Å². The quantitative estimate of drug-likeness (QED) is 0.688. The van der Waals surface area contributed by atoms with E-state index in [1.807, 2.05) is 0 Å². The molecule has 0 heterocycles. The predicted octanol–water partition coefficient (Wildman–Crippen LogP) is 1.67. The van der Waals surface area contributed by atoms with Gasteiger partial charge in [-0.3, -0.25) is 0 Å². The van der Waals surface area contributed by atoms with Crippen molar-refractivity contribution in [2.24, 2.45) is 0 Å². The molecule has 0 unspecified atom stereocenters. The topological polar surface area (TPSA) is 40.6 Å². The highest BCUT2D eigenvalue weighted by molar-refractivity contribution is 7.86. The van der Waals surface area contributed by atoms with Crippen LogP contribution in [-0.2, 0) is 10.2 Å². The van der Waals surface area contributed by atoms with Crippen LogP contribution in [0.1, 0.15) is 32.1 Å². The van der Waals surface area contributed by atoms with Gasteiger partial charge in [-0.25, -0.2) is 0 Å². The third-order valence-electron chi connectivity index (χ3n) is 3.20. The molecular weight excluding hydrogens is 248 g/mol. The number of hydrogen-bond acceptors (Lipinski definition) is 2. The first-order chi connectivity index (χ1) is 7.50. The number of halogens is 1. The Hall–Kier alpha value is 0.160.